The summed E-state index contributed by atoms with van der Waals surface area (Å²) in [5, 5.41) is 9.34. The lowest BCUT2D eigenvalue weighted by Gasteiger charge is -2.27. The van der Waals surface area contributed by atoms with Crippen LogP contribution in [0, 0.1) is 17.1 Å². The third kappa shape index (κ3) is 3.95. The molecule has 2 aliphatic rings. The van der Waals surface area contributed by atoms with E-state index >= 15 is 4.39 Å². The number of nitriles is 1. The Balaban J connectivity index is 1.67. The van der Waals surface area contributed by atoms with Crippen molar-refractivity contribution in [3.8, 4) is 17.3 Å². The van der Waals surface area contributed by atoms with E-state index in [4.69, 9.17) is 0 Å². The molecule has 2 saturated carbocycles. The first-order chi connectivity index (χ1) is 16.1. The molecule has 2 heterocycles. The minimum Gasteiger partial charge on any atom is -0.329 e. The van der Waals surface area contributed by atoms with Crippen LogP contribution in [0.5, 0.6) is 0 Å². The van der Waals surface area contributed by atoms with Crippen molar-refractivity contribution in [3.05, 3.63) is 53.0 Å². The lowest BCUT2D eigenvalue weighted by atomic mass is 9.93. The Morgan fingerprint density at radius 1 is 1.21 bits per heavy atom. The highest BCUT2D eigenvalue weighted by atomic mass is 32.2. The number of aromatic nitrogens is 2. The molecule has 2 fully saturated rings. The van der Waals surface area contributed by atoms with E-state index in [0.717, 1.165) is 37.5 Å². The average Bonchev–Trinajstić information content (AvgIpc) is 3.55. The summed E-state index contributed by atoms with van der Waals surface area (Å²) in [4.78, 5) is 4.30. The summed E-state index contributed by atoms with van der Waals surface area (Å²) in [7, 11) is -3.48. The molecule has 1 N–H and O–H groups in total. The molecule has 0 spiro atoms. The van der Waals surface area contributed by atoms with Gasteiger partial charge in [-0.3, -0.25) is 0 Å². The molecule has 0 bridgehead atoms. The predicted octanol–water partition coefficient (Wildman–Crippen LogP) is 5.04. The Hall–Kier alpha value is -2.97. The second-order valence-corrected chi connectivity index (χ2v) is 10.8. The lowest BCUT2D eigenvalue weighted by Crippen LogP contribution is -2.26. The summed E-state index contributed by atoms with van der Waals surface area (Å²) >= 11 is 0. The maximum Gasteiger partial charge on any atom is 0.417 e. The van der Waals surface area contributed by atoms with Crippen LogP contribution in [0.15, 0.2) is 30.5 Å². The number of fused-ring (bicyclic) bond motifs is 1. The smallest absolute Gasteiger partial charge is 0.329 e. The molecule has 3 aromatic rings. The predicted molar refractivity (Wildman–Crippen MR) is 117 cm³/mol. The van der Waals surface area contributed by atoms with Crippen LogP contribution in [0.1, 0.15) is 54.8 Å². The van der Waals surface area contributed by atoms with Crippen LogP contribution < -0.4 is 4.72 Å². The van der Waals surface area contributed by atoms with Gasteiger partial charge in [0.25, 0.3) is 0 Å². The molecule has 0 aliphatic heterocycles. The molecule has 178 valence electrons. The Kier molecular flexibility index (Phi) is 5.41. The number of sulfonamides is 1. The summed E-state index contributed by atoms with van der Waals surface area (Å²) in [6, 6.07) is 5.92. The topological polar surface area (TPSA) is 87.8 Å². The Morgan fingerprint density at radius 3 is 2.53 bits per heavy atom. The molecular formula is C23H20F4N4O2S. The minimum absolute atomic E-state index is 0.0374. The number of rotatable bonds is 6. The minimum atomic E-state index is -4.81. The molecule has 2 aliphatic carbocycles. The van der Waals surface area contributed by atoms with Gasteiger partial charge in [-0.1, -0.05) is 6.07 Å². The largest absolute Gasteiger partial charge is 0.417 e. The molecule has 0 atom stereocenters. The van der Waals surface area contributed by atoms with E-state index < -0.39 is 44.1 Å². The van der Waals surface area contributed by atoms with Crippen molar-refractivity contribution in [2.24, 2.45) is 0 Å². The van der Waals surface area contributed by atoms with Gasteiger partial charge in [-0.05, 0) is 55.9 Å². The van der Waals surface area contributed by atoms with Gasteiger partial charge in [0.15, 0.2) is 0 Å². The maximum atomic E-state index is 15.3. The first-order valence-corrected chi connectivity index (χ1v) is 12.4. The second kappa shape index (κ2) is 8.06. The maximum absolute atomic E-state index is 15.3. The molecular weight excluding hydrogens is 472 g/mol. The van der Waals surface area contributed by atoms with E-state index in [2.05, 4.69) is 9.71 Å². The van der Waals surface area contributed by atoms with E-state index in [0.29, 0.717) is 23.8 Å². The van der Waals surface area contributed by atoms with Gasteiger partial charge in [-0.15, -0.1) is 0 Å². The molecule has 0 saturated heterocycles. The zero-order chi connectivity index (χ0) is 24.3. The quantitative estimate of drug-likeness (QED) is 0.489. The SMILES string of the molecule is N#Cc1cccc(C(F)(F)F)c1-c1nc2c(cc1F)c(CNS(=O)(=O)C1CC1)cn2C1CCC1. The van der Waals surface area contributed by atoms with E-state index in [1.165, 1.54) is 6.07 Å². The second-order valence-electron chi connectivity index (χ2n) is 8.74. The van der Waals surface area contributed by atoms with Gasteiger partial charge in [0.1, 0.15) is 17.2 Å². The lowest BCUT2D eigenvalue weighted by molar-refractivity contribution is -0.137. The third-order valence-corrected chi connectivity index (χ3v) is 8.36. The summed E-state index contributed by atoms with van der Waals surface area (Å²) in [5.74, 6) is -1.02. The average molecular weight is 492 g/mol. The van der Waals surface area contributed by atoms with Crippen molar-refractivity contribution in [3.63, 3.8) is 0 Å². The molecule has 0 radical (unpaired) electrons. The fourth-order valence-corrected chi connectivity index (χ4v) is 5.63. The normalized spacial score (nSPS) is 17.0. The number of hydrogen-bond acceptors (Lipinski definition) is 4. The van der Waals surface area contributed by atoms with Crippen molar-refractivity contribution >= 4 is 21.1 Å². The number of hydrogen-bond donors (Lipinski definition) is 1. The van der Waals surface area contributed by atoms with Gasteiger partial charge >= 0.3 is 6.18 Å². The highest BCUT2D eigenvalue weighted by Gasteiger charge is 2.37. The molecule has 6 nitrogen and oxygen atoms in total. The highest BCUT2D eigenvalue weighted by molar-refractivity contribution is 7.90. The summed E-state index contributed by atoms with van der Waals surface area (Å²) in [6.45, 7) is -0.0713. The van der Waals surface area contributed by atoms with Gasteiger partial charge in [0.05, 0.1) is 22.4 Å². The van der Waals surface area contributed by atoms with E-state index in [1.54, 1.807) is 16.8 Å². The molecule has 0 amide bonds. The van der Waals surface area contributed by atoms with Crippen LogP contribution in [0.4, 0.5) is 17.6 Å². The number of nitrogens with zero attached hydrogens (tertiary/aromatic N) is 3. The molecule has 11 heteroatoms. The Labute approximate surface area is 193 Å². The highest BCUT2D eigenvalue weighted by Crippen LogP contribution is 2.41. The molecule has 0 unspecified atom stereocenters. The van der Waals surface area contributed by atoms with Gasteiger partial charge in [0.2, 0.25) is 10.0 Å². The van der Waals surface area contributed by atoms with Crippen LogP contribution in [-0.4, -0.2) is 23.2 Å². The zero-order valence-corrected chi connectivity index (χ0v) is 18.7. The van der Waals surface area contributed by atoms with Gasteiger partial charge < -0.3 is 4.57 Å². The number of benzene rings is 1. The standard InChI is InChI=1S/C23H20F4N4O2S/c24-19-9-17-14(11-29-34(32,33)16-7-8-16)12-31(15-4-2-5-15)22(17)30-21(19)20-13(10-28)3-1-6-18(20)23(25,26)27/h1,3,6,9,12,15-16,29H,2,4-5,7-8,11H2. The number of alkyl halides is 3. The molecule has 5 rings (SSSR count). The van der Waals surface area contributed by atoms with E-state index in [-0.39, 0.29) is 23.8 Å². The molecule has 34 heavy (non-hydrogen) atoms. The van der Waals surface area contributed by atoms with Crippen molar-refractivity contribution in [1.82, 2.24) is 14.3 Å². The van der Waals surface area contributed by atoms with Crippen LogP contribution in [0.2, 0.25) is 0 Å². The first-order valence-electron chi connectivity index (χ1n) is 10.9. The van der Waals surface area contributed by atoms with Crippen molar-refractivity contribution in [1.29, 1.82) is 5.26 Å². The van der Waals surface area contributed by atoms with Crippen molar-refractivity contribution in [2.45, 2.75) is 56.1 Å². The van der Waals surface area contributed by atoms with Crippen LogP contribution in [0.25, 0.3) is 22.3 Å². The van der Waals surface area contributed by atoms with Gasteiger partial charge in [0, 0.05) is 29.7 Å². The van der Waals surface area contributed by atoms with Crippen LogP contribution >= 0.6 is 0 Å². The summed E-state index contributed by atoms with van der Waals surface area (Å²) in [6.07, 6.45) is 0.700. The summed E-state index contributed by atoms with van der Waals surface area (Å²) in [5.41, 5.74) is -1.87. The Bertz CT molecular complexity index is 1430. The summed E-state index contributed by atoms with van der Waals surface area (Å²) < 4.78 is 85.3. The monoisotopic (exact) mass is 492 g/mol. The van der Waals surface area contributed by atoms with E-state index in [1.807, 2.05) is 0 Å². The van der Waals surface area contributed by atoms with Crippen molar-refractivity contribution in [2.75, 3.05) is 0 Å². The molecule has 2 aromatic heterocycles. The number of nitrogens with one attached hydrogen (secondary N) is 1. The van der Waals surface area contributed by atoms with Gasteiger partial charge in [-0.25, -0.2) is 22.5 Å². The molecule has 1 aromatic carbocycles. The fourth-order valence-electron chi connectivity index (χ4n) is 4.28. The fraction of sp³-hybridized carbons (Fsp3) is 0.391. The number of halogens is 4. The van der Waals surface area contributed by atoms with E-state index in [9.17, 15) is 26.9 Å². The first kappa shape index (κ1) is 22.8. The van der Waals surface area contributed by atoms with Crippen LogP contribution in [-0.2, 0) is 22.7 Å². The Morgan fingerprint density at radius 2 is 1.94 bits per heavy atom. The van der Waals surface area contributed by atoms with Crippen LogP contribution in [0.3, 0.4) is 0 Å². The van der Waals surface area contributed by atoms with Gasteiger partial charge in [-0.2, -0.15) is 18.4 Å². The third-order valence-electron chi connectivity index (χ3n) is 6.46. The van der Waals surface area contributed by atoms with Crippen molar-refractivity contribution < 1.29 is 26.0 Å². The number of pyridine rings is 1. The zero-order valence-electron chi connectivity index (χ0n) is 17.9.